The van der Waals surface area contributed by atoms with Crippen LogP contribution in [0.15, 0.2) is 6.20 Å². The molecule has 1 saturated carbocycles. The summed E-state index contributed by atoms with van der Waals surface area (Å²) in [5.41, 5.74) is 7.67. The average Bonchev–Trinajstić information content (AvgIpc) is 2.93. The topological polar surface area (TPSA) is 92.0 Å². The van der Waals surface area contributed by atoms with Crippen molar-refractivity contribution < 1.29 is 9.90 Å². The third-order valence-corrected chi connectivity index (χ3v) is 2.83. The van der Waals surface area contributed by atoms with Crippen LogP contribution in [0.3, 0.4) is 0 Å². The molecule has 1 aromatic heterocycles. The van der Waals surface area contributed by atoms with E-state index in [9.17, 15) is 4.79 Å². The summed E-state index contributed by atoms with van der Waals surface area (Å²) in [6, 6.07) is 0. The number of carboxylic acids is 1. The van der Waals surface area contributed by atoms with Crippen LogP contribution in [0.2, 0.25) is 0 Å². The van der Waals surface area contributed by atoms with E-state index in [1.54, 1.807) is 6.20 Å². The Morgan fingerprint density at radius 2 is 2.47 bits per heavy atom. The first-order valence-corrected chi connectivity index (χ1v) is 5.17. The molecule has 1 atom stereocenters. The van der Waals surface area contributed by atoms with Gasteiger partial charge in [-0.05, 0) is 24.9 Å². The molecular weight excluding hydrogens is 194 g/mol. The third kappa shape index (κ3) is 2.18. The molecule has 1 aliphatic carbocycles. The van der Waals surface area contributed by atoms with Crippen LogP contribution >= 0.6 is 0 Å². The summed E-state index contributed by atoms with van der Waals surface area (Å²) >= 11 is 0. The minimum absolute atomic E-state index is 0.0791. The van der Waals surface area contributed by atoms with Gasteiger partial charge in [0, 0.05) is 17.5 Å². The van der Waals surface area contributed by atoms with Gasteiger partial charge in [0.15, 0.2) is 0 Å². The van der Waals surface area contributed by atoms with Gasteiger partial charge in [-0.2, -0.15) is 5.10 Å². The van der Waals surface area contributed by atoms with Gasteiger partial charge in [-0.3, -0.25) is 9.89 Å². The Hall–Kier alpha value is -1.36. The molecule has 1 aromatic rings. The Morgan fingerprint density at radius 1 is 1.73 bits per heavy atom. The van der Waals surface area contributed by atoms with Crippen molar-refractivity contribution in [2.24, 2.45) is 5.73 Å². The number of nitrogens with two attached hydrogens (primary N) is 1. The van der Waals surface area contributed by atoms with Crippen LogP contribution in [-0.2, 0) is 4.79 Å². The van der Waals surface area contributed by atoms with Crippen molar-refractivity contribution in [1.29, 1.82) is 0 Å². The van der Waals surface area contributed by atoms with Gasteiger partial charge in [0.25, 0.3) is 0 Å². The number of carbonyl (C=O) groups is 1. The summed E-state index contributed by atoms with van der Waals surface area (Å²) in [7, 11) is 0. The number of hydrogen-bond acceptors (Lipinski definition) is 3. The largest absolute Gasteiger partial charge is 0.481 e. The number of aliphatic carboxylic acids is 1. The fraction of sp³-hybridized carbons (Fsp3) is 0.600. The van der Waals surface area contributed by atoms with E-state index in [4.69, 9.17) is 10.8 Å². The predicted molar refractivity (Wildman–Crippen MR) is 54.6 cm³/mol. The molecule has 0 radical (unpaired) electrons. The molecule has 2 rings (SSSR count). The molecule has 15 heavy (non-hydrogen) atoms. The molecular formula is C10H15N3O2. The lowest BCUT2D eigenvalue weighted by Crippen LogP contribution is -2.17. The number of aromatic amines is 1. The summed E-state index contributed by atoms with van der Waals surface area (Å²) in [5, 5.41) is 15.7. The summed E-state index contributed by atoms with van der Waals surface area (Å²) in [6.07, 6.45) is 4.13. The van der Waals surface area contributed by atoms with E-state index in [0.717, 1.165) is 11.3 Å². The van der Waals surface area contributed by atoms with Crippen LogP contribution in [0.25, 0.3) is 0 Å². The van der Waals surface area contributed by atoms with Gasteiger partial charge < -0.3 is 10.8 Å². The standard InChI is InChI=1S/C10H15N3O2/c11-4-7(3-9(14)15)8-5-12-13-10(8)6-1-2-6/h5-7H,1-4,11H2,(H,12,13)(H,14,15). The molecule has 0 spiro atoms. The van der Waals surface area contributed by atoms with E-state index in [-0.39, 0.29) is 12.3 Å². The van der Waals surface area contributed by atoms with E-state index < -0.39 is 5.97 Å². The fourth-order valence-corrected chi connectivity index (χ4v) is 1.86. The SMILES string of the molecule is NCC(CC(=O)O)c1cn[nH]c1C1CC1. The minimum atomic E-state index is -0.812. The molecule has 0 saturated heterocycles. The quantitative estimate of drug-likeness (QED) is 0.669. The monoisotopic (exact) mass is 209 g/mol. The Morgan fingerprint density at radius 3 is 3.00 bits per heavy atom. The van der Waals surface area contributed by atoms with Gasteiger partial charge in [0.1, 0.15) is 0 Å². The van der Waals surface area contributed by atoms with Gasteiger partial charge in [-0.1, -0.05) is 0 Å². The van der Waals surface area contributed by atoms with Gasteiger partial charge in [-0.15, -0.1) is 0 Å². The van der Waals surface area contributed by atoms with E-state index in [2.05, 4.69) is 10.2 Å². The van der Waals surface area contributed by atoms with Gasteiger partial charge in [0.2, 0.25) is 0 Å². The van der Waals surface area contributed by atoms with Crippen molar-refractivity contribution in [2.75, 3.05) is 6.54 Å². The van der Waals surface area contributed by atoms with Crippen molar-refractivity contribution >= 4 is 5.97 Å². The Labute approximate surface area is 87.7 Å². The lowest BCUT2D eigenvalue weighted by Gasteiger charge is -2.12. The lowest BCUT2D eigenvalue weighted by atomic mass is 9.95. The molecule has 0 amide bonds. The normalized spacial score (nSPS) is 17.7. The average molecular weight is 209 g/mol. The molecule has 82 valence electrons. The smallest absolute Gasteiger partial charge is 0.304 e. The van der Waals surface area contributed by atoms with Crippen LogP contribution < -0.4 is 5.73 Å². The maximum Gasteiger partial charge on any atom is 0.304 e. The number of hydrogen-bond donors (Lipinski definition) is 3. The number of carboxylic acid groups (broad SMARTS) is 1. The molecule has 4 N–H and O–H groups in total. The van der Waals surface area contributed by atoms with Crippen molar-refractivity contribution in [2.45, 2.75) is 31.1 Å². The molecule has 1 unspecified atom stereocenters. The van der Waals surface area contributed by atoms with Crippen molar-refractivity contribution in [3.05, 3.63) is 17.5 Å². The molecule has 1 fully saturated rings. The first-order chi connectivity index (χ1) is 7.22. The second-order valence-corrected chi connectivity index (χ2v) is 4.04. The molecule has 5 nitrogen and oxygen atoms in total. The first-order valence-electron chi connectivity index (χ1n) is 5.17. The Kier molecular flexibility index (Phi) is 2.73. The zero-order chi connectivity index (χ0) is 10.8. The molecule has 0 aliphatic heterocycles. The summed E-state index contributed by atoms with van der Waals surface area (Å²) < 4.78 is 0. The zero-order valence-corrected chi connectivity index (χ0v) is 8.44. The summed E-state index contributed by atoms with van der Waals surface area (Å²) in [4.78, 5) is 10.7. The first kappa shape index (κ1) is 10.2. The van der Waals surface area contributed by atoms with Gasteiger partial charge >= 0.3 is 5.97 Å². The van der Waals surface area contributed by atoms with Crippen LogP contribution in [0.4, 0.5) is 0 Å². The maximum atomic E-state index is 10.7. The van der Waals surface area contributed by atoms with Gasteiger partial charge in [0.05, 0.1) is 12.6 Å². The van der Waals surface area contributed by atoms with Crippen LogP contribution in [0, 0.1) is 0 Å². The highest BCUT2D eigenvalue weighted by atomic mass is 16.4. The highest BCUT2D eigenvalue weighted by Gasteiger charge is 2.30. The predicted octanol–water partition coefficient (Wildman–Crippen LogP) is 0.804. The molecule has 1 aliphatic rings. The summed E-state index contributed by atoms with van der Waals surface area (Å²) in [6.45, 7) is 0.353. The number of rotatable bonds is 5. The number of nitrogens with zero attached hydrogens (tertiary/aromatic N) is 1. The highest BCUT2D eigenvalue weighted by Crippen LogP contribution is 2.42. The number of nitrogens with one attached hydrogen (secondary N) is 1. The van der Waals surface area contributed by atoms with Gasteiger partial charge in [-0.25, -0.2) is 0 Å². The zero-order valence-electron chi connectivity index (χ0n) is 8.44. The van der Waals surface area contributed by atoms with Crippen molar-refractivity contribution in [3.63, 3.8) is 0 Å². The maximum absolute atomic E-state index is 10.7. The number of aromatic nitrogens is 2. The van der Waals surface area contributed by atoms with E-state index in [1.165, 1.54) is 12.8 Å². The lowest BCUT2D eigenvalue weighted by molar-refractivity contribution is -0.137. The summed E-state index contributed by atoms with van der Waals surface area (Å²) in [5.74, 6) is -0.379. The highest BCUT2D eigenvalue weighted by molar-refractivity contribution is 5.68. The second-order valence-electron chi connectivity index (χ2n) is 4.04. The number of H-pyrrole nitrogens is 1. The molecule has 5 heteroatoms. The second kappa shape index (κ2) is 4.02. The Balaban J connectivity index is 2.17. The van der Waals surface area contributed by atoms with Crippen molar-refractivity contribution in [1.82, 2.24) is 10.2 Å². The fourth-order valence-electron chi connectivity index (χ4n) is 1.86. The molecule has 1 heterocycles. The molecule has 0 bridgehead atoms. The van der Waals surface area contributed by atoms with E-state index in [0.29, 0.717) is 12.5 Å². The minimum Gasteiger partial charge on any atom is -0.481 e. The Bertz CT molecular complexity index is 357. The van der Waals surface area contributed by atoms with Crippen LogP contribution in [0.1, 0.15) is 42.4 Å². The third-order valence-electron chi connectivity index (χ3n) is 2.83. The van der Waals surface area contributed by atoms with Crippen molar-refractivity contribution in [3.8, 4) is 0 Å². The molecule has 0 aromatic carbocycles. The van der Waals surface area contributed by atoms with Crippen LogP contribution in [0.5, 0.6) is 0 Å². The van der Waals surface area contributed by atoms with E-state index in [1.807, 2.05) is 0 Å². The van der Waals surface area contributed by atoms with E-state index >= 15 is 0 Å². The van der Waals surface area contributed by atoms with Crippen LogP contribution in [-0.4, -0.2) is 27.8 Å².